The van der Waals surface area contributed by atoms with E-state index in [2.05, 4.69) is 17.2 Å². The number of benzene rings is 2. The quantitative estimate of drug-likeness (QED) is 0.612. The zero-order chi connectivity index (χ0) is 20.8. The van der Waals surface area contributed by atoms with E-state index in [0.717, 1.165) is 29.3 Å². The van der Waals surface area contributed by atoms with Gasteiger partial charge < -0.3 is 10.3 Å². The number of hydrogen-bond donors (Lipinski definition) is 3. The van der Waals surface area contributed by atoms with Crippen LogP contribution in [0.1, 0.15) is 53.5 Å². The molecule has 7 heteroatoms. The molecule has 0 saturated carbocycles. The predicted molar refractivity (Wildman–Crippen MR) is 113 cm³/mol. The number of fused-ring (bicyclic) bond motifs is 3. The van der Waals surface area contributed by atoms with Crippen LogP contribution in [0.4, 0.5) is 0 Å². The Kier molecular flexibility index (Phi) is 4.96. The number of primary sulfonamides is 1. The summed E-state index contributed by atoms with van der Waals surface area (Å²) in [5, 5.41) is 9.25. The zero-order valence-corrected chi connectivity index (χ0v) is 17.3. The number of sulfonamides is 1. The molecule has 0 unspecified atom stereocenters. The first-order valence-electron chi connectivity index (χ1n) is 9.79. The lowest BCUT2D eigenvalue weighted by Crippen LogP contribution is -2.26. The van der Waals surface area contributed by atoms with Crippen LogP contribution >= 0.6 is 0 Å². The fraction of sp³-hybridized carbons (Fsp3) is 0.318. The van der Waals surface area contributed by atoms with Gasteiger partial charge in [0.25, 0.3) is 5.91 Å². The van der Waals surface area contributed by atoms with Gasteiger partial charge in [-0.05, 0) is 73.6 Å². The van der Waals surface area contributed by atoms with Crippen LogP contribution in [-0.4, -0.2) is 19.3 Å². The molecule has 1 amide bonds. The Morgan fingerprint density at radius 3 is 2.62 bits per heavy atom. The molecule has 0 saturated heterocycles. The van der Waals surface area contributed by atoms with E-state index in [1.54, 1.807) is 12.1 Å². The van der Waals surface area contributed by atoms with Gasteiger partial charge in [-0.2, -0.15) is 0 Å². The van der Waals surface area contributed by atoms with Gasteiger partial charge in [-0.3, -0.25) is 4.79 Å². The van der Waals surface area contributed by atoms with Crippen LogP contribution in [0.2, 0.25) is 0 Å². The summed E-state index contributed by atoms with van der Waals surface area (Å²) in [4.78, 5) is 16.4. The van der Waals surface area contributed by atoms with Crippen LogP contribution in [0.25, 0.3) is 10.9 Å². The number of carbonyl (C=O) groups excluding carboxylic acids is 1. The molecule has 1 heterocycles. The minimum Gasteiger partial charge on any atom is -0.358 e. The van der Waals surface area contributed by atoms with Gasteiger partial charge in [0.2, 0.25) is 10.0 Å². The van der Waals surface area contributed by atoms with Gasteiger partial charge in [-0.25, -0.2) is 13.6 Å². The summed E-state index contributed by atoms with van der Waals surface area (Å²) in [5.41, 5.74) is 5.12. The van der Waals surface area contributed by atoms with E-state index in [0.29, 0.717) is 11.5 Å². The standard InChI is InChI=1S/C22H25N3O3S/c1-13-3-9-20-18(11-13)19-12-16(6-10-21(19)25-20)22(26)24-14(2)15-4-7-17(8-5-15)29(23,27)28/h4-8,10,12-14,25H,3,9,11H2,1-2H3,(H,24,26)(H2,23,27,28)/t13-,14-/m0/s1. The van der Waals surface area contributed by atoms with E-state index in [1.807, 2.05) is 25.1 Å². The highest BCUT2D eigenvalue weighted by Gasteiger charge is 2.21. The lowest BCUT2D eigenvalue weighted by Gasteiger charge is -2.18. The monoisotopic (exact) mass is 411 g/mol. The molecule has 2 aromatic carbocycles. The molecule has 2 atom stereocenters. The van der Waals surface area contributed by atoms with Crippen LogP contribution in [0.15, 0.2) is 47.4 Å². The summed E-state index contributed by atoms with van der Waals surface area (Å²) in [5.74, 6) is 0.494. The van der Waals surface area contributed by atoms with Gasteiger partial charge in [0.15, 0.2) is 0 Å². The van der Waals surface area contributed by atoms with Gasteiger partial charge in [-0.1, -0.05) is 19.1 Å². The van der Waals surface area contributed by atoms with Crippen molar-refractivity contribution >= 4 is 26.8 Å². The van der Waals surface area contributed by atoms with Gasteiger partial charge in [0.1, 0.15) is 0 Å². The highest BCUT2D eigenvalue weighted by atomic mass is 32.2. The largest absolute Gasteiger partial charge is 0.358 e. The van der Waals surface area contributed by atoms with Gasteiger partial charge >= 0.3 is 0 Å². The van der Waals surface area contributed by atoms with Crippen molar-refractivity contribution in [3.63, 3.8) is 0 Å². The number of amides is 1. The Morgan fingerprint density at radius 2 is 1.93 bits per heavy atom. The van der Waals surface area contributed by atoms with Crippen molar-refractivity contribution in [2.45, 2.75) is 44.0 Å². The Morgan fingerprint density at radius 1 is 1.21 bits per heavy atom. The minimum absolute atomic E-state index is 0.0525. The van der Waals surface area contributed by atoms with Crippen molar-refractivity contribution in [2.75, 3.05) is 0 Å². The molecule has 0 aliphatic heterocycles. The van der Waals surface area contributed by atoms with Crippen LogP contribution in [0.5, 0.6) is 0 Å². The van der Waals surface area contributed by atoms with Gasteiger partial charge in [0.05, 0.1) is 10.9 Å². The summed E-state index contributed by atoms with van der Waals surface area (Å²) in [6.45, 7) is 4.13. The maximum atomic E-state index is 12.8. The van der Waals surface area contributed by atoms with Crippen molar-refractivity contribution in [1.82, 2.24) is 10.3 Å². The summed E-state index contributed by atoms with van der Waals surface area (Å²) >= 11 is 0. The number of rotatable bonds is 4. The van der Waals surface area contributed by atoms with Crippen molar-refractivity contribution in [2.24, 2.45) is 11.1 Å². The highest BCUT2D eigenvalue weighted by Crippen LogP contribution is 2.32. The molecule has 0 radical (unpaired) electrons. The van der Waals surface area contributed by atoms with Crippen molar-refractivity contribution in [1.29, 1.82) is 0 Å². The Labute approximate surface area is 170 Å². The molecule has 1 aliphatic carbocycles. The average molecular weight is 412 g/mol. The Hall–Kier alpha value is -2.64. The number of carbonyl (C=O) groups is 1. The topological polar surface area (TPSA) is 105 Å². The molecule has 1 aliphatic rings. The third kappa shape index (κ3) is 3.93. The van der Waals surface area contributed by atoms with Gasteiger partial charge in [0, 0.05) is 22.2 Å². The van der Waals surface area contributed by atoms with Crippen LogP contribution < -0.4 is 10.5 Å². The first kappa shape index (κ1) is 19.7. The van der Waals surface area contributed by atoms with Crippen molar-refractivity contribution < 1.29 is 13.2 Å². The van der Waals surface area contributed by atoms with Crippen LogP contribution in [-0.2, 0) is 22.9 Å². The summed E-state index contributed by atoms with van der Waals surface area (Å²) in [6.07, 6.45) is 3.28. The molecule has 29 heavy (non-hydrogen) atoms. The van der Waals surface area contributed by atoms with E-state index in [-0.39, 0.29) is 16.8 Å². The third-order valence-electron chi connectivity index (χ3n) is 5.75. The maximum absolute atomic E-state index is 12.8. The fourth-order valence-electron chi connectivity index (χ4n) is 4.04. The van der Waals surface area contributed by atoms with E-state index < -0.39 is 10.0 Å². The number of aromatic amines is 1. The lowest BCUT2D eigenvalue weighted by atomic mass is 9.87. The SMILES string of the molecule is C[C@H]1CCc2[nH]c3ccc(C(=O)N[C@@H](C)c4ccc(S(N)(=O)=O)cc4)cc3c2C1. The summed E-state index contributed by atoms with van der Waals surface area (Å²) < 4.78 is 22.8. The second-order valence-corrected chi connectivity index (χ2v) is 9.56. The summed E-state index contributed by atoms with van der Waals surface area (Å²) in [6, 6.07) is 11.7. The molecule has 6 nitrogen and oxygen atoms in total. The molecule has 0 fully saturated rings. The maximum Gasteiger partial charge on any atom is 0.251 e. The summed E-state index contributed by atoms with van der Waals surface area (Å²) in [7, 11) is -3.73. The molecule has 0 bridgehead atoms. The fourth-order valence-corrected chi connectivity index (χ4v) is 4.56. The van der Waals surface area contributed by atoms with E-state index in [1.165, 1.54) is 29.8 Å². The number of aromatic nitrogens is 1. The predicted octanol–water partition coefficient (Wildman–Crippen LogP) is 3.43. The molecule has 0 spiro atoms. The van der Waals surface area contributed by atoms with Crippen molar-refractivity contribution in [3.05, 3.63) is 64.8 Å². The first-order valence-corrected chi connectivity index (χ1v) is 11.3. The van der Waals surface area contributed by atoms with Gasteiger partial charge in [-0.15, -0.1) is 0 Å². The first-order chi connectivity index (χ1) is 13.7. The Balaban J connectivity index is 1.55. The molecule has 4 rings (SSSR count). The minimum atomic E-state index is -3.73. The molecular weight excluding hydrogens is 386 g/mol. The van der Waals surface area contributed by atoms with E-state index in [4.69, 9.17) is 5.14 Å². The molecule has 4 N–H and O–H groups in total. The number of hydrogen-bond acceptors (Lipinski definition) is 3. The van der Waals surface area contributed by atoms with E-state index in [9.17, 15) is 13.2 Å². The number of nitrogens with two attached hydrogens (primary N) is 1. The third-order valence-corrected chi connectivity index (χ3v) is 6.68. The number of aryl methyl sites for hydroxylation is 1. The second-order valence-electron chi connectivity index (χ2n) is 8.00. The zero-order valence-electron chi connectivity index (χ0n) is 16.5. The van der Waals surface area contributed by atoms with Crippen LogP contribution in [0.3, 0.4) is 0 Å². The smallest absolute Gasteiger partial charge is 0.251 e. The number of H-pyrrole nitrogens is 1. The normalized spacial score (nSPS) is 17.7. The number of nitrogens with one attached hydrogen (secondary N) is 2. The van der Waals surface area contributed by atoms with E-state index >= 15 is 0 Å². The molecule has 3 aromatic rings. The van der Waals surface area contributed by atoms with Crippen molar-refractivity contribution in [3.8, 4) is 0 Å². The molecule has 1 aromatic heterocycles. The lowest BCUT2D eigenvalue weighted by molar-refractivity contribution is 0.0940. The molecule has 152 valence electrons. The average Bonchev–Trinajstić information content (AvgIpc) is 3.04. The molecular formula is C22H25N3O3S. The highest BCUT2D eigenvalue weighted by molar-refractivity contribution is 7.89. The van der Waals surface area contributed by atoms with Crippen LogP contribution in [0, 0.1) is 5.92 Å². The Bertz CT molecular complexity index is 1180. The second kappa shape index (κ2) is 7.31.